The third kappa shape index (κ3) is 4.32. The van der Waals surface area contributed by atoms with Gasteiger partial charge in [0.2, 0.25) is 0 Å². The molecule has 0 radical (unpaired) electrons. The average Bonchev–Trinajstić information content (AvgIpc) is 2.30. The normalized spacial score (nSPS) is 12.1. The van der Waals surface area contributed by atoms with Crippen LogP contribution in [0, 0.1) is 11.7 Å². The van der Waals surface area contributed by atoms with E-state index in [4.69, 9.17) is 10.8 Å². The van der Waals surface area contributed by atoms with E-state index in [1.54, 1.807) is 0 Å². The van der Waals surface area contributed by atoms with Gasteiger partial charge in [-0.3, -0.25) is 9.59 Å². The Kier molecular flexibility index (Phi) is 4.78. The van der Waals surface area contributed by atoms with E-state index in [1.807, 2.05) is 0 Å². The number of hydrogen-bond acceptors (Lipinski definition) is 3. The predicted molar refractivity (Wildman–Crippen MR) is 59.9 cm³/mol. The maximum atomic E-state index is 12.7. The van der Waals surface area contributed by atoms with Crippen molar-refractivity contribution in [3.63, 3.8) is 0 Å². The molecule has 0 fully saturated rings. The fourth-order valence-corrected chi connectivity index (χ4v) is 1.51. The molecular formula is C12H14FNO3. The smallest absolute Gasteiger partial charge is 0.307 e. The highest BCUT2D eigenvalue weighted by atomic mass is 19.1. The van der Waals surface area contributed by atoms with Gasteiger partial charge in [0, 0.05) is 6.42 Å². The summed E-state index contributed by atoms with van der Waals surface area (Å²) in [5.74, 6) is -2.52. The van der Waals surface area contributed by atoms with E-state index in [0.29, 0.717) is 5.56 Å². The van der Waals surface area contributed by atoms with Gasteiger partial charge in [-0.25, -0.2) is 4.39 Å². The number of halogens is 1. The van der Waals surface area contributed by atoms with Gasteiger partial charge < -0.3 is 10.8 Å². The first-order chi connectivity index (χ1) is 8.02. The van der Waals surface area contributed by atoms with Crippen LogP contribution in [-0.2, 0) is 16.0 Å². The van der Waals surface area contributed by atoms with Crippen LogP contribution < -0.4 is 5.73 Å². The fraction of sp³-hybridized carbons (Fsp3) is 0.333. The monoisotopic (exact) mass is 239 g/mol. The van der Waals surface area contributed by atoms with E-state index >= 15 is 0 Å². The first kappa shape index (κ1) is 13.3. The summed E-state index contributed by atoms with van der Waals surface area (Å²) in [7, 11) is 0. The van der Waals surface area contributed by atoms with Crippen molar-refractivity contribution in [3.8, 4) is 0 Å². The van der Waals surface area contributed by atoms with E-state index in [0.717, 1.165) is 0 Å². The number of carbonyl (C=O) groups excluding carboxylic acids is 1. The highest BCUT2D eigenvalue weighted by molar-refractivity contribution is 5.85. The van der Waals surface area contributed by atoms with Crippen LogP contribution in [0.15, 0.2) is 24.3 Å². The van der Waals surface area contributed by atoms with Crippen LogP contribution in [0.25, 0.3) is 0 Å². The van der Waals surface area contributed by atoms with E-state index in [2.05, 4.69) is 0 Å². The first-order valence-electron chi connectivity index (χ1n) is 5.22. The molecule has 0 aromatic heterocycles. The molecule has 0 saturated carbocycles. The maximum Gasteiger partial charge on any atom is 0.307 e. The molecule has 0 aliphatic rings. The number of carboxylic acid groups (broad SMARTS) is 1. The molecule has 92 valence electrons. The van der Waals surface area contributed by atoms with Crippen molar-refractivity contribution < 1.29 is 19.1 Å². The molecule has 1 rings (SSSR count). The maximum absolute atomic E-state index is 12.7. The Balaban J connectivity index is 2.70. The average molecular weight is 239 g/mol. The van der Waals surface area contributed by atoms with Gasteiger partial charge in [-0.05, 0) is 24.1 Å². The summed E-state index contributed by atoms with van der Waals surface area (Å²) in [6.07, 6.45) is 0.102. The summed E-state index contributed by atoms with van der Waals surface area (Å²) in [5.41, 5.74) is 5.83. The van der Waals surface area contributed by atoms with E-state index in [1.165, 1.54) is 24.3 Å². The third-order valence-corrected chi connectivity index (χ3v) is 2.45. The summed E-state index contributed by atoms with van der Waals surface area (Å²) in [6.45, 7) is -0.160. The topological polar surface area (TPSA) is 80.4 Å². The van der Waals surface area contributed by atoms with Crippen molar-refractivity contribution >= 4 is 11.8 Å². The molecule has 0 bridgehead atoms. The lowest BCUT2D eigenvalue weighted by atomic mass is 9.94. The van der Waals surface area contributed by atoms with Crippen LogP contribution in [0.2, 0.25) is 0 Å². The molecule has 0 saturated heterocycles. The minimum atomic E-state index is -1.05. The number of ketones is 1. The minimum Gasteiger partial charge on any atom is -0.481 e. The zero-order chi connectivity index (χ0) is 12.8. The van der Waals surface area contributed by atoms with Crippen molar-refractivity contribution in [2.45, 2.75) is 12.8 Å². The van der Waals surface area contributed by atoms with Crippen LogP contribution in [-0.4, -0.2) is 23.4 Å². The number of benzene rings is 1. The molecule has 3 N–H and O–H groups in total. The van der Waals surface area contributed by atoms with Gasteiger partial charge in [0.15, 0.2) is 0 Å². The van der Waals surface area contributed by atoms with Gasteiger partial charge in [-0.2, -0.15) is 0 Å². The quantitative estimate of drug-likeness (QED) is 0.775. The van der Waals surface area contributed by atoms with Gasteiger partial charge in [0.25, 0.3) is 0 Å². The minimum absolute atomic E-state index is 0.0940. The van der Waals surface area contributed by atoms with Crippen molar-refractivity contribution in [1.82, 2.24) is 0 Å². The van der Waals surface area contributed by atoms with Crippen LogP contribution in [0.1, 0.15) is 12.0 Å². The van der Waals surface area contributed by atoms with E-state index in [9.17, 15) is 14.0 Å². The summed E-state index contributed by atoms with van der Waals surface area (Å²) in [5, 5.41) is 8.97. The zero-order valence-corrected chi connectivity index (χ0v) is 9.23. The second-order valence-electron chi connectivity index (χ2n) is 3.81. The third-order valence-electron chi connectivity index (χ3n) is 2.45. The van der Waals surface area contributed by atoms with E-state index < -0.39 is 11.9 Å². The standard InChI is InChI=1S/C12H14FNO3/c13-10-3-1-8(2-4-10)5-9(12(16)17)6-11(15)7-14/h1-4,9H,5-7,14H2,(H,16,17). The summed E-state index contributed by atoms with van der Waals surface area (Å²) in [4.78, 5) is 22.1. The second-order valence-corrected chi connectivity index (χ2v) is 3.81. The molecule has 0 aliphatic heterocycles. The molecule has 0 heterocycles. The number of nitrogens with two attached hydrogens (primary N) is 1. The Hall–Kier alpha value is -1.75. The number of Topliss-reactive ketones (excluding diaryl/α,β-unsaturated/α-hetero) is 1. The zero-order valence-electron chi connectivity index (χ0n) is 9.23. The molecule has 1 aromatic rings. The van der Waals surface area contributed by atoms with Crippen LogP contribution in [0.4, 0.5) is 4.39 Å². The number of carbonyl (C=O) groups is 2. The van der Waals surface area contributed by atoms with Gasteiger partial charge in [-0.1, -0.05) is 12.1 Å². The number of rotatable bonds is 6. The highest BCUT2D eigenvalue weighted by Gasteiger charge is 2.20. The molecule has 1 atom stereocenters. The first-order valence-corrected chi connectivity index (χ1v) is 5.22. The molecule has 0 spiro atoms. The molecule has 17 heavy (non-hydrogen) atoms. The molecule has 1 aromatic carbocycles. The largest absolute Gasteiger partial charge is 0.481 e. The Morgan fingerprint density at radius 3 is 2.35 bits per heavy atom. The lowest BCUT2D eigenvalue weighted by Gasteiger charge is -2.10. The van der Waals surface area contributed by atoms with Gasteiger partial charge in [-0.15, -0.1) is 0 Å². The number of hydrogen-bond donors (Lipinski definition) is 2. The Labute approximate surface area is 98.2 Å². The molecule has 5 heteroatoms. The van der Waals surface area contributed by atoms with Crippen molar-refractivity contribution in [3.05, 3.63) is 35.6 Å². The number of carboxylic acids is 1. The molecule has 0 amide bonds. The molecule has 0 aliphatic carbocycles. The van der Waals surface area contributed by atoms with Gasteiger partial charge in [0.05, 0.1) is 12.5 Å². The molecular weight excluding hydrogens is 225 g/mol. The summed E-state index contributed by atoms with van der Waals surface area (Å²) >= 11 is 0. The summed E-state index contributed by atoms with van der Waals surface area (Å²) < 4.78 is 12.7. The van der Waals surface area contributed by atoms with Crippen molar-refractivity contribution in [2.75, 3.05) is 6.54 Å². The molecule has 1 unspecified atom stereocenters. The lowest BCUT2D eigenvalue weighted by molar-refractivity contribution is -0.143. The van der Waals surface area contributed by atoms with Gasteiger partial charge in [0.1, 0.15) is 11.6 Å². The van der Waals surface area contributed by atoms with E-state index in [-0.39, 0.29) is 31.0 Å². The van der Waals surface area contributed by atoms with Crippen LogP contribution in [0.5, 0.6) is 0 Å². The van der Waals surface area contributed by atoms with Crippen LogP contribution >= 0.6 is 0 Å². The summed E-state index contributed by atoms with van der Waals surface area (Å²) in [6, 6.07) is 5.55. The van der Waals surface area contributed by atoms with Crippen LogP contribution in [0.3, 0.4) is 0 Å². The molecule has 4 nitrogen and oxygen atoms in total. The Bertz CT molecular complexity index is 403. The lowest BCUT2D eigenvalue weighted by Crippen LogP contribution is -2.24. The number of aliphatic carboxylic acids is 1. The fourth-order valence-electron chi connectivity index (χ4n) is 1.51. The van der Waals surface area contributed by atoms with Crippen molar-refractivity contribution in [2.24, 2.45) is 11.7 Å². The van der Waals surface area contributed by atoms with Gasteiger partial charge >= 0.3 is 5.97 Å². The highest BCUT2D eigenvalue weighted by Crippen LogP contribution is 2.14. The Morgan fingerprint density at radius 1 is 1.29 bits per heavy atom. The Morgan fingerprint density at radius 2 is 1.88 bits per heavy atom. The SMILES string of the molecule is NCC(=O)CC(Cc1ccc(F)cc1)C(=O)O. The second kappa shape index (κ2) is 6.10. The van der Waals surface area contributed by atoms with Crippen molar-refractivity contribution in [1.29, 1.82) is 0 Å². The predicted octanol–water partition coefficient (Wildman–Crippen LogP) is 0.987.